The van der Waals surface area contributed by atoms with Crippen LogP contribution in [0.4, 0.5) is 5.69 Å². The summed E-state index contributed by atoms with van der Waals surface area (Å²) in [6.07, 6.45) is 1.69. The first-order chi connectivity index (χ1) is 12.6. The molecule has 0 aliphatic heterocycles. The number of hydrogen-bond donors (Lipinski definition) is 3. The van der Waals surface area contributed by atoms with Gasteiger partial charge in [0.05, 0.1) is 12.7 Å². The van der Waals surface area contributed by atoms with Gasteiger partial charge in [-0.05, 0) is 47.5 Å². The van der Waals surface area contributed by atoms with E-state index in [0.717, 1.165) is 11.1 Å². The largest absolute Gasteiger partial charge is 0.508 e. The molecule has 0 aliphatic rings. The van der Waals surface area contributed by atoms with Crippen molar-refractivity contribution < 1.29 is 19.1 Å². The molecule has 2 amide bonds. The molecule has 0 spiro atoms. The van der Waals surface area contributed by atoms with Crippen LogP contribution in [0.5, 0.6) is 5.75 Å². The third-order valence-corrected chi connectivity index (χ3v) is 3.75. The molecular weight excluding hydrogens is 332 g/mol. The van der Waals surface area contributed by atoms with E-state index in [9.17, 15) is 14.7 Å². The molecule has 0 atom stereocenters. The number of benzene rings is 2. The fourth-order valence-electron chi connectivity index (χ4n) is 2.37. The van der Waals surface area contributed by atoms with Gasteiger partial charge in [0.2, 0.25) is 5.91 Å². The van der Waals surface area contributed by atoms with Crippen molar-refractivity contribution in [1.82, 2.24) is 5.32 Å². The Kier molecular flexibility index (Phi) is 5.34. The van der Waals surface area contributed by atoms with E-state index in [1.807, 2.05) is 12.1 Å². The smallest absolute Gasteiger partial charge is 0.291 e. The fraction of sp³-hybridized carbons (Fsp3) is 0.100. The first-order valence-corrected chi connectivity index (χ1v) is 8.08. The maximum Gasteiger partial charge on any atom is 0.291 e. The van der Waals surface area contributed by atoms with Crippen molar-refractivity contribution in [3.8, 4) is 5.75 Å². The fourth-order valence-corrected chi connectivity index (χ4v) is 2.37. The zero-order chi connectivity index (χ0) is 18.4. The van der Waals surface area contributed by atoms with Crippen molar-refractivity contribution in [3.63, 3.8) is 0 Å². The highest BCUT2D eigenvalue weighted by molar-refractivity contribution is 6.02. The molecular formula is C20H18N2O4. The van der Waals surface area contributed by atoms with E-state index >= 15 is 0 Å². The van der Waals surface area contributed by atoms with Crippen LogP contribution in [0.2, 0.25) is 0 Å². The van der Waals surface area contributed by atoms with E-state index in [2.05, 4.69) is 10.6 Å². The van der Waals surface area contributed by atoms with Gasteiger partial charge in [-0.25, -0.2) is 0 Å². The standard InChI is InChI=1S/C20H18N2O4/c23-17-9-5-14(6-10-17)12-19(24)21-13-15-3-7-16(8-4-15)22-20(25)18-2-1-11-26-18/h1-11,23H,12-13H2,(H,21,24)(H,22,25). The zero-order valence-electron chi connectivity index (χ0n) is 13.9. The summed E-state index contributed by atoms with van der Waals surface area (Å²) >= 11 is 0. The van der Waals surface area contributed by atoms with Crippen LogP contribution >= 0.6 is 0 Å². The van der Waals surface area contributed by atoms with Crippen LogP contribution in [0.3, 0.4) is 0 Å². The molecule has 0 unspecified atom stereocenters. The van der Waals surface area contributed by atoms with Crippen LogP contribution in [-0.2, 0) is 17.8 Å². The van der Waals surface area contributed by atoms with Crippen molar-refractivity contribution in [2.45, 2.75) is 13.0 Å². The average molecular weight is 350 g/mol. The van der Waals surface area contributed by atoms with E-state index in [4.69, 9.17) is 4.42 Å². The molecule has 0 saturated carbocycles. The molecule has 6 heteroatoms. The average Bonchev–Trinajstić information content (AvgIpc) is 3.18. The molecule has 2 aromatic carbocycles. The van der Waals surface area contributed by atoms with E-state index in [1.54, 1.807) is 48.5 Å². The summed E-state index contributed by atoms with van der Waals surface area (Å²) in [4.78, 5) is 23.9. The SMILES string of the molecule is O=C(Cc1ccc(O)cc1)NCc1ccc(NC(=O)c2ccco2)cc1. The lowest BCUT2D eigenvalue weighted by molar-refractivity contribution is -0.120. The minimum atomic E-state index is -0.315. The predicted octanol–water partition coefficient (Wildman–Crippen LogP) is 3.10. The summed E-state index contributed by atoms with van der Waals surface area (Å²) in [7, 11) is 0. The first kappa shape index (κ1) is 17.3. The molecule has 0 saturated heterocycles. The van der Waals surface area contributed by atoms with Crippen molar-refractivity contribution in [3.05, 3.63) is 83.8 Å². The minimum Gasteiger partial charge on any atom is -0.508 e. The molecule has 0 radical (unpaired) electrons. The lowest BCUT2D eigenvalue weighted by Gasteiger charge is -2.07. The molecule has 0 bridgehead atoms. The van der Waals surface area contributed by atoms with Crippen LogP contribution in [0.25, 0.3) is 0 Å². The number of phenolic OH excluding ortho intramolecular Hbond substituents is 1. The maximum atomic E-state index is 12.0. The Morgan fingerprint density at radius 1 is 0.923 bits per heavy atom. The van der Waals surface area contributed by atoms with Crippen molar-refractivity contribution >= 4 is 17.5 Å². The minimum absolute atomic E-state index is 0.106. The van der Waals surface area contributed by atoms with Crippen LogP contribution in [0, 0.1) is 0 Å². The second-order valence-corrected chi connectivity index (χ2v) is 5.75. The van der Waals surface area contributed by atoms with Crippen molar-refractivity contribution in [1.29, 1.82) is 0 Å². The highest BCUT2D eigenvalue weighted by Crippen LogP contribution is 2.12. The normalized spacial score (nSPS) is 10.3. The third kappa shape index (κ3) is 4.73. The molecule has 132 valence electrons. The molecule has 3 aromatic rings. The monoisotopic (exact) mass is 350 g/mol. The molecule has 0 fully saturated rings. The van der Waals surface area contributed by atoms with Crippen LogP contribution in [0.1, 0.15) is 21.7 Å². The second kappa shape index (κ2) is 8.02. The maximum absolute atomic E-state index is 12.0. The Morgan fingerprint density at radius 3 is 2.27 bits per heavy atom. The van der Waals surface area contributed by atoms with Gasteiger partial charge in [-0.15, -0.1) is 0 Å². The van der Waals surface area contributed by atoms with Crippen molar-refractivity contribution in [2.75, 3.05) is 5.32 Å². The highest BCUT2D eigenvalue weighted by Gasteiger charge is 2.08. The number of rotatable bonds is 6. The molecule has 0 aliphatic carbocycles. The quantitative estimate of drug-likeness (QED) is 0.637. The Balaban J connectivity index is 1.48. The van der Waals surface area contributed by atoms with Crippen LogP contribution in [0.15, 0.2) is 71.3 Å². The van der Waals surface area contributed by atoms with Gasteiger partial charge in [0.1, 0.15) is 5.75 Å². The third-order valence-electron chi connectivity index (χ3n) is 3.75. The Morgan fingerprint density at radius 2 is 1.62 bits per heavy atom. The number of carbonyl (C=O) groups is 2. The zero-order valence-corrected chi connectivity index (χ0v) is 13.9. The van der Waals surface area contributed by atoms with Gasteiger partial charge in [0.15, 0.2) is 5.76 Å². The number of nitrogens with one attached hydrogen (secondary N) is 2. The topological polar surface area (TPSA) is 91.6 Å². The first-order valence-electron chi connectivity index (χ1n) is 8.08. The summed E-state index contributed by atoms with van der Waals surface area (Å²) in [6.45, 7) is 0.392. The van der Waals surface area contributed by atoms with Crippen LogP contribution in [-0.4, -0.2) is 16.9 Å². The van der Waals surface area contributed by atoms with E-state index in [1.165, 1.54) is 6.26 Å². The highest BCUT2D eigenvalue weighted by atomic mass is 16.3. The van der Waals surface area contributed by atoms with Gasteiger partial charge >= 0.3 is 0 Å². The summed E-state index contributed by atoms with van der Waals surface area (Å²) in [6, 6.07) is 17.0. The number of anilines is 1. The molecule has 1 heterocycles. The number of phenols is 1. The Bertz CT molecular complexity index is 869. The van der Waals surface area contributed by atoms with Gasteiger partial charge in [-0.1, -0.05) is 24.3 Å². The van der Waals surface area contributed by atoms with E-state index in [0.29, 0.717) is 12.2 Å². The Labute approximate surface area is 150 Å². The number of furan rings is 1. The summed E-state index contributed by atoms with van der Waals surface area (Å²) in [5.41, 5.74) is 2.39. The van der Waals surface area contributed by atoms with Gasteiger partial charge < -0.3 is 20.2 Å². The number of aromatic hydroxyl groups is 1. The van der Waals surface area contributed by atoms with E-state index in [-0.39, 0.29) is 29.7 Å². The molecule has 1 aromatic heterocycles. The number of hydrogen-bond acceptors (Lipinski definition) is 4. The lowest BCUT2D eigenvalue weighted by Crippen LogP contribution is -2.24. The van der Waals surface area contributed by atoms with Gasteiger partial charge in [-0.2, -0.15) is 0 Å². The van der Waals surface area contributed by atoms with Crippen LogP contribution < -0.4 is 10.6 Å². The number of carbonyl (C=O) groups excluding carboxylic acids is 2. The lowest BCUT2D eigenvalue weighted by atomic mass is 10.1. The molecule has 3 N–H and O–H groups in total. The van der Waals surface area contributed by atoms with Gasteiger partial charge in [0.25, 0.3) is 5.91 Å². The summed E-state index contributed by atoms with van der Waals surface area (Å²) in [5.74, 6) is -0.000189. The van der Waals surface area contributed by atoms with Crippen molar-refractivity contribution in [2.24, 2.45) is 0 Å². The van der Waals surface area contributed by atoms with Gasteiger partial charge in [0, 0.05) is 12.2 Å². The summed E-state index contributed by atoms with van der Waals surface area (Å²) < 4.78 is 5.04. The molecule has 3 rings (SSSR count). The molecule has 6 nitrogen and oxygen atoms in total. The van der Waals surface area contributed by atoms with Gasteiger partial charge in [-0.3, -0.25) is 9.59 Å². The Hall–Kier alpha value is -3.54. The summed E-state index contributed by atoms with van der Waals surface area (Å²) in [5, 5.41) is 14.8. The van der Waals surface area contributed by atoms with E-state index < -0.39 is 0 Å². The predicted molar refractivity (Wildman–Crippen MR) is 96.8 cm³/mol. The number of amides is 2. The second-order valence-electron chi connectivity index (χ2n) is 5.75. The molecule has 26 heavy (non-hydrogen) atoms.